The van der Waals surface area contributed by atoms with E-state index in [9.17, 15) is 0 Å². The quantitative estimate of drug-likeness (QED) is 0.706. The summed E-state index contributed by atoms with van der Waals surface area (Å²) in [5, 5.41) is 3.35. The third-order valence-corrected chi connectivity index (χ3v) is 4.46. The summed E-state index contributed by atoms with van der Waals surface area (Å²) in [7, 11) is 0. The average Bonchev–Trinajstić information content (AvgIpc) is 2.52. The van der Waals surface area contributed by atoms with Gasteiger partial charge in [-0.3, -0.25) is 0 Å². The lowest BCUT2D eigenvalue weighted by molar-refractivity contribution is 0.916. The smallest absolute Gasteiger partial charge is 0.141 e. The molecular formula is C16H20BrN3S. The molecule has 0 aliphatic rings. The van der Waals surface area contributed by atoms with Crippen LogP contribution in [0.25, 0.3) is 0 Å². The van der Waals surface area contributed by atoms with Gasteiger partial charge in [0, 0.05) is 27.7 Å². The molecule has 0 saturated heterocycles. The van der Waals surface area contributed by atoms with Gasteiger partial charge < -0.3 is 5.32 Å². The van der Waals surface area contributed by atoms with Crippen molar-refractivity contribution in [2.45, 2.75) is 37.3 Å². The molecule has 112 valence electrons. The second kappa shape index (κ2) is 8.39. The van der Waals surface area contributed by atoms with Crippen molar-refractivity contribution in [1.29, 1.82) is 0 Å². The summed E-state index contributed by atoms with van der Waals surface area (Å²) < 4.78 is 1.10. The summed E-state index contributed by atoms with van der Waals surface area (Å²) in [5.41, 5.74) is 1.09. The van der Waals surface area contributed by atoms with E-state index in [-0.39, 0.29) is 0 Å². The number of nitrogens with zero attached hydrogens (tertiary/aromatic N) is 2. The molecule has 2 aromatic rings. The van der Waals surface area contributed by atoms with Crippen molar-refractivity contribution in [2.75, 3.05) is 11.9 Å². The number of thioether (sulfide) groups is 1. The Hall–Kier alpha value is -1.07. The van der Waals surface area contributed by atoms with Gasteiger partial charge in [-0.2, -0.15) is 0 Å². The van der Waals surface area contributed by atoms with Crippen LogP contribution >= 0.6 is 27.7 Å². The van der Waals surface area contributed by atoms with E-state index in [4.69, 9.17) is 0 Å². The summed E-state index contributed by atoms with van der Waals surface area (Å²) in [5.74, 6) is 2.62. The van der Waals surface area contributed by atoms with Crippen LogP contribution in [0.1, 0.15) is 31.8 Å². The molecule has 0 fully saturated rings. The van der Waals surface area contributed by atoms with Crippen LogP contribution in [-0.4, -0.2) is 16.5 Å². The lowest BCUT2D eigenvalue weighted by atomic mass is 10.3. The van der Waals surface area contributed by atoms with Gasteiger partial charge in [0.15, 0.2) is 0 Å². The summed E-state index contributed by atoms with van der Waals surface area (Å²) in [6, 6.07) is 10.4. The number of rotatable bonds is 7. The molecule has 1 aromatic heterocycles. The second-order valence-electron chi connectivity index (χ2n) is 4.68. The van der Waals surface area contributed by atoms with Gasteiger partial charge in [0.05, 0.1) is 5.75 Å². The predicted molar refractivity (Wildman–Crippen MR) is 93.9 cm³/mol. The van der Waals surface area contributed by atoms with E-state index in [0.29, 0.717) is 0 Å². The van der Waals surface area contributed by atoms with E-state index in [0.717, 1.165) is 46.9 Å². The van der Waals surface area contributed by atoms with Crippen LogP contribution in [0.2, 0.25) is 0 Å². The Labute approximate surface area is 139 Å². The number of hydrogen-bond acceptors (Lipinski definition) is 4. The van der Waals surface area contributed by atoms with Gasteiger partial charge in [0.1, 0.15) is 11.6 Å². The highest BCUT2D eigenvalue weighted by Crippen LogP contribution is 2.23. The first-order valence-corrected chi connectivity index (χ1v) is 8.98. The maximum absolute atomic E-state index is 4.61. The SMILES string of the molecule is CCCNc1cc(CC)nc(CSc2ccc(Br)cc2)n1. The fourth-order valence-corrected chi connectivity index (χ4v) is 2.84. The highest BCUT2D eigenvalue weighted by atomic mass is 79.9. The minimum Gasteiger partial charge on any atom is -0.370 e. The highest BCUT2D eigenvalue weighted by molar-refractivity contribution is 9.10. The fraction of sp³-hybridized carbons (Fsp3) is 0.375. The molecule has 0 spiro atoms. The zero-order valence-electron chi connectivity index (χ0n) is 12.4. The Kier molecular flexibility index (Phi) is 6.51. The summed E-state index contributed by atoms with van der Waals surface area (Å²) in [6.45, 7) is 5.22. The lowest BCUT2D eigenvalue weighted by Gasteiger charge is -2.08. The molecular weight excluding hydrogens is 346 g/mol. The van der Waals surface area contributed by atoms with Gasteiger partial charge in [0.2, 0.25) is 0 Å². The Morgan fingerprint density at radius 3 is 2.57 bits per heavy atom. The van der Waals surface area contributed by atoms with Crippen molar-refractivity contribution in [2.24, 2.45) is 0 Å². The zero-order valence-corrected chi connectivity index (χ0v) is 14.8. The summed E-state index contributed by atoms with van der Waals surface area (Å²) in [4.78, 5) is 10.4. The molecule has 3 nitrogen and oxygen atoms in total. The number of aromatic nitrogens is 2. The van der Waals surface area contributed by atoms with Gasteiger partial charge in [-0.15, -0.1) is 11.8 Å². The minimum atomic E-state index is 0.788. The van der Waals surface area contributed by atoms with E-state index < -0.39 is 0 Å². The van der Waals surface area contributed by atoms with Crippen molar-refractivity contribution in [3.05, 3.63) is 46.3 Å². The van der Waals surface area contributed by atoms with Gasteiger partial charge in [0.25, 0.3) is 0 Å². The van der Waals surface area contributed by atoms with Gasteiger partial charge >= 0.3 is 0 Å². The number of nitrogens with one attached hydrogen (secondary N) is 1. The van der Waals surface area contributed by atoms with Crippen LogP contribution < -0.4 is 5.32 Å². The first-order chi connectivity index (χ1) is 10.2. The molecule has 0 aliphatic carbocycles. The summed E-state index contributed by atoms with van der Waals surface area (Å²) >= 11 is 5.21. The van der Waals surface area contributed by atoms with Crippen molar-refractivity contribution < 1.29 is 0 Å². The van der Waals surface area contributed by atoms with E-state index in [1.807, 2.05) is 6.07 Å². The Balaban J connectivity index is 2.05. The van der Waals surface area contributed by atoms with Crippen molar-refractivity contribution in [3.63, 3.8) is 0 Å². The summed E-state index contributed by atoms with van der Waals surface area (Å²) in [6.07, 6.45) is 2.02. The largest absolute Gasteiger partial charge is 0.370 e. The Bertz CT molecular complexity index is 572. The van der Waals surface area contributed by atoms with Crippen LogP contribution in [0.5, 0.6) is 0 Å². The van der Waals surface area contributed by atoms with Gasteiger partial charge in [-0.25, -0.2) is 9.97 Å². The molecule has 0 bridgehead atoms. The number of hydrogen-bond donors (Lipinski definition) is 1. The molecule has 1 N–H and O–H groups in total. The van der Waals surface area contributed by atoms with Crippen LogP contribution in [-0.2, 0) is 12.2 Å². The van der Waals surface area contributed by atoms with E-state index >= 15 is 0 Å². The third kappa shape index (κ3) is 5.32. The first kappa shape index (κ1) is 16.3. The fourth-order valence-electron chi connectivity index (χ4n) is 1.82. The standard InChI is InChI=1S/C16H20BrN3S/c1-3-9-18-15-10-13(4-2)19-16(20-15)11-21-14-7-5-12(17)6-8-14/h5-8,10H,3-4,9,11H2,1-2H3,(H,18,19,20). The van der Waals surface area contributed by atoms with Gasteiger partial charge in [-0.1, -0.05) is 29.8 Å². The van der Waals surface area contributed by atoms with E-state index in [1.165, 1.54) is 4.90 Å². The number of halogens is 1. The first-order valence-electron chi connectivity index (χ1n) is 7.20. The molecule has 1 aromatic carbocycles. The van der Waals surface area contributed by atoms with Crippen LogP contribution in [0.4, 0.5) is 5.82 Å². The maximum Gasteiger partial charge on any atom is 0.141 e. The molecule has 0 unspecified atom stereocenters. The van der Waals surface area contributed by atoms with Crippen molar-refractivity contribution >= 4 is 33.5 Å². The van der Waals surface area contributed by atoms with Crippen LogP contribution in [0.3, 0.4) is 0 Å². The normalized spacial score (nSPS) is 10.6. The molecule has 2 rings (SSSR count). The molecule has 0 atom stereocenters. The number of benzene rings is 1. The zero-order chi connectivity index (χ0) is 15.1. The molecule has 0 radical (unpaired) electrons. The van der Waals surface area contributed by atoms with Gasteiger partial charge in [-0.05, 0) is 37.1 Å². The van der Waals surface area contributed by atoms with Crippen molar-refractivity contribution in [1.82, 2.24) is 9.97 Å². The third-order valence-electron chi connectivity index (χ3n) is 2.93. The molecule has 0 aliphatic heterocycles. The lowest BCUT2D eigenvalue weighted by Crippen LogP contribution is -2.06. The van der Waals surface area contributed by atoms with E-state index in [2.05, 4.69) is 69.3 Å². The van der Waals surface area contributed by atoms with E-state index in [1.54, 1.807) is 11.8 Å². The Morgan fingerprint density at radius 2 is 1.90 bits per heavy atom. The molecule has 5 heteroatoms. The molecule has 0 saturated carbocycles. The monoisotopic (exact) mass is 365 g/mol. The predicted octanol–water partition coefficient (Wildman–Crippen LogP) is 4.92. The molecule has 0 amide bonds. The maximum atomic E-state index is 4.61. The Morgan fingerprint density at radius 1 is 1.14 bits per heavy atom. The molecule has 1 heterocycles. The number of anilines is 1. The van der Waals surface area contributed by atoms with Crippen LogP contribution in [0.15, 0.2) is 39.7 Å². The highest BCUT2D eigenvalue weighted by Gasteiger charge is 2.05. The van der Waals surface area contributed by atoms with Crippen molar-refractivity contribution in [3.8, 4) is 0 Å². The number of aryl methyl sites for hydroxylation is 1. The minimum absolute atomic E-state index is 0.788. The van der Waals surface area contributed by atoms with Crippen LogP contribution in [0, 0.1) is 0 Å². The average molecular weight is 366 g/mol. The molecule has 21 heavy (non-hydrogen) atoms. The topological polar surface area (TPSA) is 37.8 Å². The second-order valence-corrected chi connectivity index (χ2v) is 6.65.